The molecule has 0 aromatic heterocycles. The van der Waals surface area contributed by atoms with Crippen molar-refractivity contribution in [3.8, 4) is 0 Å². The molecule has 2 fully saturated rings. The molecule has 68 valence electrons. The zero-order valence-electron chi connectivity index (χ0n) is 7.75. The molecule has 0 amide bonds. The molecule has 2 aliphatic rings. The molecule has 0 N–H and O–H groups in total. The topological polar surface area (TPSA) is 29.6 Å². The van der Waals surface area contributed by atoms with Gasteiger partial charge in [0.2, 0.25) is 0 Å². The number of carbonyl (C=O) groups is 1. The standard InChI is InChI=1S/C10H16O2/c1-7(2)8-3-4-10(6-11)9(5-8)12-10/h6-9H,3-5H2,1-2H3/t8-,9?,10-/m0/s1. The molecule has 1 aliphatic heterocycles. The monoisotopic (exact) mass is 168 g/mol. The fourth-order valence-corrected chi connectivity index (χ4v) is 2.27. The van der Waals surface area contributed by atoms with Crippen molar-refractivity contribution in [1.82, 2.24) is 0 Å². The predicted octanol–water partition coefficient (Wildman–Crippen LogP) is 1.78. The minimum Gasteiger partial charge on any atom is -0.358 e. The summed E-state index contributed by atoms with van der Waals surface area (Å²) in [4.78, 5) is 10.7. The molecule has 1 unspecified atom stereocenters. The van der Waals surface area contributed by atoms with E-state index in [-0.39, 0.29) is 11.7 Å². The molecule has 0 radical (unpaired) electrons. The van der Waals surface area contributed by atoms with E-state index in [1.54, 1.807) is 0 Å². The first kappa shape index (κ1) is 8.24. The van der Waals surface area contributed by atoms with Crippen molar-refractivity contribution in [2.45, 2.75) is 44.8 Å². The van der Waals surface area contributed by atoms with Crippen molar-refractivity contribution in [3.05, 3.63) is 0 Å². The molecule has 0 bridgehead atoms. The first-order valence-electron chi connectivity index (χ1n) is 4.82. The van der Waals surface area contributed by atoms with Gasteiger partial charge in [-0.15, -0.1) is 0 Å². The van der Waals surface area contributed by atoms with Crippen LogP contribution in [0.3, 0.4) is 0 Å². The molecule has 0 aromatic rings. The van der Waals surface area contributed by atoms with E-state index in [4.69, 9.17) is 4.74 Å². The van der Waals surface area contributed by atoms with E-state index >= 15 is 0 Å². The van der Waals surface area contributed by atoms with Gasteiger partial charge >= 0.3 is 0 Å². The lowest BCUT2D eigenvalue weighted by Crippen LogP contribution is -2.27. The van der Waals surface area contributed by atoms with Gasteiger partial charge in [0.05, 0.1) is 6.10 Å². The summed E-state index contributed by atoms with van der Waals surface area (Å²) in [5, 5.41) is 0. The van der Waals surface area contributed by atoms with E-state index in [0.29, 0.717) is 0 Å². The number of aldehydes is 1. The minimum atomic E-state index is -0.328. The van der Waals surface area contributed by atoms with Crippen LogP contribution in [0.25, 0.3) is 0 Å². The summed E-state index contributed by atoms with van der Waals surface area (Å²) in [5.74, 6) is 1.50. The van der Waals surface area contributed by atoms with Gasteiger partial charge in [0, 0.05) is 0 Å². The van der Waals surface area contributed by atoms with Crippen LogP contribution in [0.5, 0.6) is 0 Å². The Labute approximate surface area is 73.3 Å². The highest BCUT2D eigenvalue weighted by Gasteiger charge is 2.59. The average molecular weight is 168 g/mol. The van der Waals surface area contributed by atoms with E-state index in [2.05, 4.69) is 13.8 Å². The third-order valence-corrected chi connectivity index (χ3v) is 3.41. The van der Waals surface area contributed by atoms with E-state index in [1.807, 2.05) is 0 Å². The van der Waals surface area contributed by atoms with Crippen LogP contribution in [0.2, 0.25) is 0 Å². The van der Waals surface area contributed by atoms with Crippen LogP contribution in [0.1, 0.15) is 33.1 Å². The highest BCUT2D eigenvalue weighted by Crippen LogP contribution is 2.49. The zero-order chi connectivity index (χ0) is 8.77. The fourth-order valence-electron chi connectivity index (χ4n) is 2.27. The van der Waals surface area contributed by atoms with Crippen molar-refractivity contribution >= 4 is 6.29 Å². The summed E-state index contributed by atoms with van der Waals surface area (Å²) in [6, 6.07) is 0. The molecule has 1 heterocycles. The third kappa shape index (κ3) is 1.09. The first-order chi connectivity index (χ1) is 5.68. The van der Waals surface area contributed by atoms with Gasteiger partial charge in [0.15, 0.2) is 6.29 Å². The average Bonchev–Trinajstić information content (AvgIpc) is 2.77. The van der Waals surface area contributed by atoms with E-state index < -0.39 is 0 Å². The van der Waals surface area contributed by atoms with Gasteiger partial charge in [-0.25, -0.2) is 0 Å². The molecule has 0 aromatic carbocycles. The predicted molar refractivity (Wildman–Crippen MR) is 45.8 cm³/mol. The Morgan fingerprint density at radius 1 is 1.58 bits per heavy atom. The Morgan fingerprint density at radius 3 is 2.83 bits per heavy atom. The number of rotatable bonds is 2. The van der Waals surface area contributed by atoms with Crippen LogP contribution in [0.4, 0.5) is 0 Å². The van der Waals surface area contributed by atoms with Crippen molar-refractivity contribution in [2.75, 3.05) is 0 Å². The molecule has 1 saturated carbocycles. The Hall–Kier alpha value is -0.370. The van der Waals surface area contributed by atoms with Crippen LogP contribution in [0, 0.1) is 11.8 Å². The van der Waals surface area contributed by atoms with Crippen molar-refractivity contribution in [3.63, 3.8) is 0 Å². The largest absolute Gasteiger partial charge is 0.358 e. The number of epoxide rings is 1. The van der Waals surface area contributed by atoms with E-state index in [9.17, 15) is 4.79 Å². The highest BCUT2D eigenvalue weighted by molar-refractivity contribution is 5.68. The molecular formula is C10H16O2. The molecular weight excluding hydrogens is 152 g/mol. The zero-order valence-corrected chi connectivity index (χ0v) is 7.75. The second-order valence-corrected chi connectivity index (χ2v) is 4.46. The summed E-state index contributed by atoms with van der Waals surface area (Å²) in [6.07, 6.45) is 4.47. The van der Waals surface area contributed by atoms with Crippen molar-refractivity contribution < 1.29 is 9.53 Å². The smallest absolute Gasteiger partial charge is 0.154 e. The van der Waals surface area contributed by atoms with Gasteiger partial charge in [0.25, 0.3) is 0 Å². The van der Waals surface area contributed by atoms with Gasteiger partial charge < -0.3 is 9.53 Å². The Morgan fingerprint density at radius 2 is 2.33 bits per heavy atom. The van der Waals surface area contributed by atoms with Crippen LogP contribution in [-0.4, -0.2) is 18.0 Å². The quantitative estimate of drug-likeness (QED) is 0.464. The normalized spacial score (nSPS) is 45.6. The number of fused-ring (bicyclic) bond motifs is 1. The lowest BCUT2D eigenvalue weighted by atomic mass is 9.77. The molecule has 0 spiro atoms. The van der Waals surface area contributed by atoms with Gasteiger partial charge in [-0.3, -0.25) is 0 Å². The molecule has 1 aliphatic carbocycles. The number of carbonyl (C=O) groups excluding carboxylic acids is 1. The first-order valence-corrected chi connectivity index (χ1v) is 4.82. The molecule has 2 nitrogen and oxygen atoms in total. The van der Waals surface area contributed by atoms with Crippen molar-refractivity contribution in [2.24, 2.45) is 11.8 Å². The second-order valence-electron chi connectivity index (χ2n) is 4.46. The summed E-state index contributed by atoms with van der Waals surface area (Å²) < 4.78 is 5.43. The van der Waals surface area contributed by atoms with Gasteiger partial charge in [-0.1, -0.05) is 13.8 Å². The fraction of sp³-hybridized carbons (Fsp3) is 0.900. The highest BCUT2D eigenvalue weighted by atomic mass is 16.6. The maximum Gasteiger partial charge on any atom is 0.154 e. The lowest BCUT2D eigenvalue weighted by molar-refractivity contribution is -0.112. The Kier molecular flexibility index (Phi) is 1.76. The number of hydrogen-bond donors (Lipinski definition) is 0. The van der Waals surface area contributed by atoms with Gasteiger partial charge in [-0.05, 0) is 31.1 Å². The third-order valence-electron chi connectivity index (χ3n) is 3.41. The molecule has 2 rings (SSSR count). The van der Waals surface area contributed by atoms with Gasteiger partial charge in [0.1, 0.15) is 5.60 Å². The van der Waals surface area contributed by atoms with Crippen LogP contribution in [0.15, 0.2) is 0 Å². The maximum atomic E-state index is 10.7. The SMILES string of the molecule is CC(C)[C@H]1CC[C@@]2(C=O)OC2C1. The molecule has 1 saturated heterocycles. The van der Waals surface area contributed by atoms with Crippen molar-refractivity contribution in [1.29, 1.82) is 0 Å². The van der Waals surface area contributed by atoms with Gasteiger partial charge in [-0.2, -0.15) is 0 Å². The summed E-state index contributed by atoms with van der Waals surface area (Å²) >= 11 is 0. The summed E-state index contributed by atoms with van der Waals surface area (Å²) in [6.45, 7) is 4.50. The number of ether oxygens (including phenoxy) is 1. The summed E-state index contributed by atoms with van der Waals surface area (Å²) in [7, 11) is 0. The Balaban J connectivity index is 1.96. The van der Waals surface area contributed by atoms with Crippen LogP contribution < -0.4 is 0 Å². The second kappa shape index (κ2) is 2.56. The van der Waals surface area contributed by atoms with Crippen LogP contribution in [-0.2, 0) is 9.53 Å². The van der Waals surface area contributed by atoms with E-state index in [1.165, 1.54) is 0 Å². The summed E-state index contributed by atoms with van der Waals surface area (Å²) in [5.41, 5.74) is -0.328. The molecule has 2 heteroatoms. The molecule has 12 heavy (non-hydrogen) atoms. The van der Waals surface area contributed by atoms with Crippen LogP contribution >= 0.6 is 0 Å². The Bertz CT molecular complexity index is 200. The lowest BCUT2D eigenvalue weighted by Gasteiger charge is -2.24. The molecule has 3 atom stereocenters. The van der Waals surface area contributed by atoms with E-state index in [0.717, 1.165) is 37.4 Å². The number of hydrogen-bond acceptors (Lipinski definition) is 2. The maximum absolute atomic E-state index is 10.7. The minimum absolute atomic E-state index is 0.260.